The van der Waals surface area contributed by atoms with E-state index in [4.69, 9.17) is 9.15 Å². The summed E-state index contributed by atoms with van der Waals surface area (Å²) in [4.78, 5) is 27.4. The summed E-state index contributed by atoms with van der Waals surface area (Å²) < 4.78 is 11.9. The van der Waals surface area contributed by atoms with Gasteiger partial charge >= 0.3 is 0 Å². The Labute approximate surface area is 175 Å². The Morgan fingerprint density at radius 3 is 2.53 bits per heavy atom. The highest BCUT2D eigenvalue weighted by molar-refractivity contribution is 5.80. The summed E-state index contributed by atoms with van der Waals surface area (Å²) in [5.41, 5.74) is 2.50. The Hall–Kier alpha value is -3.12. The maximum atomic E-state index is 12.5. The fourth-order valence-corrected chi connectivity index (χ4v) is 3.66. The summed E-state index contributed by atoms with van der Waals surface area (Å²) in [5, 5.41) is 0.547. The van der Waals surface area contributed by atoms with Gasteiger partial charge in [-0.3, -0.25) is 14.5 Å². The zero-order valence-corrected chi connectivity index (χ0v) is 17.2. The van der Waals surface area contributed by atoms with Crippen molar-refractivity contribution in [1.29, 1.82) is 0 Å². The molecule has 30 heavy (non-hydrogen) atoms. The zero-order chi connectivity index (χ0) is 20.9. The first-order chi connectivity index (χ1) is 14.6. The van der Waals surface area contributed by atoms with Gasteiger partial charge in [-0.15, -0.1) is 0 Å². The highest BCUT2D eigenvalue weighted by Gasteiger charge is 2.14. The van der Waals surface area contributed by atoms with Crippen molar-refractivity contribution in [2.24, 2.45) is 0 Å². The van der Waals surface area contributed by atoms with E-state index in [2.05, 4.69) is 4.90 Å². The van der Waals surface area contributed by atoms with Gasteiger partial charge in [0.25, 0.3) is 0 Å². The number of benzene rings is 2. The van der Waals surface area contributed by atoms with Crippen molar-refractivity contribution in [2.75, 3.05) is 39.3 Å². The van der Waals surface area contributed by atoms with Crippen LogP contribution in [0.15, 0.2) is 57.7 Å². The summed E-state index contributed by atoms with van der Waals surface area (Å²) in [5.74, 6) is 1.25. The smallest absolute Gasteiger partial charge is 0.209 e. The molecule has 0 radical (unpaired) electrons. The van der Waals surface area contributed by atoms with E-state index in [1.54, 1.807) is 17.0 Å². The van der Waals surface area contributed by atoms with Crippen LogP contribution in [0.5, 0.6) is 5.75 Å². The number of carbonyl (C=O) groups is 1. The average Bonchev–Trinajstić information content (AvgIpc) is 2.77. The molecule has 6 nitrogen and oxygen atoms in total. The Bertz CT molecular complexity index is 1070. The molecule has 0 bridgehead atoms. The lowest BCUT2D eigenvalue weighted by atomic mass is 10.1. The number of aryl methyl sites for hydroxylation is 1. The van der Waals surface area contributed by atoms with E-state index >= 15 is 0 Å². The van der Waals surface area contributed by atoms with E-state index in [9.17, 15) is 9.59 Å². The van der Waals surface area contributed by atoms with Crippen LogP contribution in [0.4, 0.5) is 0 Å². The fraction of sp³-hybridized carbons (Fsp3) is 0.333. The molecule has 0 spiro atoms. The Morgan fingerprint density at radius 1 is 1.03 bits per heavy atom. The standard InChI is InChI=1S/C24H26N2O4/c1-18-3-5-19(6-4-18)23-16-22(28)21-8-7-20(15-24(21)30-23)29-14-2-9-25-10-12-26(17-27)13-11-25/h3-8,15-17H,2,9-14H2,1H3. The molecule has 0 aliphatic carbocycles. The van der Waals surface area contributed by atoms with Crippen LogP contribution in [0.25, 0.3) is 22.3 Å². The highest BCUT2D eigenvalue weighted by Crippen LogP contribution is 2.25. The van der Waals surface area contributed by atoms with E-state index in [0.29, 0.717) is 29.1 Å². The number of piperazine rings is 1. The topological polar surface area (TPSA) is 63.0 Å². The highest BCUT2D eigenvalue weighted by atomic mass is 16.5. The number of hydrogen-bond donors (Lipinski definition) is 0. The number of rotatable bonds is 7. The molecular formula is C24H26N2O4. The van der Waals surface area contributed by atoms with E-state index in [-0.39, 0.29) is 5.43 Å². The van der Waals surface area contributed by atoms with Gasteiger partial charge in [0.2, 0.25) is 6.41 Å². The Morgan fingerprint density at radius 2 is 1.80 bits per heavy atom. The number of hydrogen-bond acceptors (Lipinski definition) is 5. The minimum atomic E-state index is -0.0622. The summed E-state index contributed by atoms with van der Waals surface area (Å²) in [6.45, 7) is 6.93. The third kappa shape index (κ3) is 4.71. The van der Waals surface area contributed by atoms with E-state index in [0.717, 1.165) is 56.7 Å². The lowest BCUT2D eigenvalue weighted by Crippen LogP contribution is -2.46. The van der Waals surface area contributed by atoms with E-state index in [1.807, 2.05) is 37.3 Å². The molecule has 0 atom stereocenters. The van der Waals surface area contributed by atoms with Crippen LogP contribution in [0.1, 0.15) is 12.0 Å². The van der Waals surface area contributed by atoms with Gasteiger partial charge in [0.05, 0.1) is 12.0 Å². The summed E-state index contributed by atoms with van der Waals surface area (Å²) in [6, 6.07) is 14.8. The van der Waals surface area contributed by atoms with Crippen LogP contribution in [0.2, 0.25) is 0 Å². The second kappa shape index (κ2) is 9.13. The van der Waals surface area contributed by atoms with Crippen molar-refractivity contribution in [2.45, 2.75) is 13.3 Å². The molecule has 2 aromatic carbocycles. The quantitative estimate of drug-likeness (QED) is 0.445. The van der Waals surface area contributed by atoms with Crippen molar-refractivity contribution in [3.8, 4) is 17.1 Å². The number of fused-ring (bicyclic) bond motifs is 1. The second-order valence-corrected chi connectivity index (χ2v) is 7.68. The first-order valence-corrected chi connectivity index (χ1v) is 10.3. The van der Waals surface area contributed by atoms with Crippen molar-refractivity contribution in [3.05, 3.63) is 64.3 Å². The molecule has 4 rings (SSSR count). The molecule has 0 unspecified atom stereocenters. The average molecular weight is 406 g/mol. The Balaban J connectivity index is 1.39. The second-order valence-electron chi connectivity index (χ2n) is 7.68. The fourth-order valence-electron chi connectivity index (χ4n) is 3.66. The van der Waals surface area contributed by atoms with Gasteiger partial charge in [0, 0.05) is 50.4 Å². The van der Waals surface area contributed by atoms with Gasteiger partial charge in [0.15, 0.2) is 5.43 Å². The third-order valence-corrected chi connectivity index (χ3v) is 5.48. The molecule has 3 aromatic rings. The summed E-state index contributed by atoms with van der Waals surface area (Å²) >= 11 is 0. The van der Waals surface area contributed by atoms with Gasteiger partial charge in [0.1, 0.15) is 17.1 Å². The molecule has 0 N–H and O–H groups in total. The molecule has 1 aliphatic heterocycles. The maximum Gasteiger partial charge on any atom is 0.209 e. The van der Waals surface area contributed by atoms with Crippen LogP contribution in [0, 0.1) is 6.92 Å². The third-order valence-electron chi connectivity index (χ3n) is 5.48. The van der Waals surface area contributed by atoms with Crippen molar-refractivity contribution in [3.63, 3.8) is 0 Å². The Kier molecular flexibility index (Phi) is 6.14. The lowest BCUT2D eigenvalue weighted by Gasteiger charge is -2.32. The van der Waals surface area contributed by atoms with Crippen molar-refractivity contribution < 1.29 is 13.9 Å². The minimum Gasteiger partial charge on any atom is -0.493 e. The van der Waals surface area contributed by atoms with E-state index in [1.165, 1.54) is 6.07 Å². The van der Waals surface area contributed by atoms with Crippen LogP contribution >= 0.6 is 0 Å². The molecule has 6 heteroatoms. The van der Waals surface area contributed by atoms with Gasteiger partial charge in [-0.2, -0.15) is 0 Å². The monoisotopic (exact) mass is 406 g/mol. The summed E-state index contributed by atoms with van der Waals surface area (Å²) in [6.07, 6.45) is 1.81. The van der Waals surface area contributed by atoms with Crippen LogP contribution in [-0.2, 0) is 4.79 Å². The number of nitrogens with zero attached hydrogens (tertiary/aromatic N) is 2. The predicted molar refractivity (Wildman–Crippen MR) is 117 cm³/mol. The summed E-state index contributed by atoms with van der Waals surface area (Å²) in [7, 11) is 0. The number of amides is 1. The van der Waals surface area contributed by atoms with Gasteiger partial charge in [-0.25, -0.2) is 0 Å². The normalized spacial score (nSPS) is 14.8. The van der Waals surface area contributed by atoms with Crippen LogP contribution < -0.4 is 10.2 Å². The van der Waals surface area contributed by atoms with Gasteiger partial charge < -0.3 is 14.1 Å². The van der Waals surface area contributed by atoms with Crippen molar-refractivity contribution >= 4 is 17.4 Å². The van der Waals surface area contributed by atoms with Crippen LogP contribution in [0.3, 0.4) is 0 Å². The molecule has 1 saturated heterocycles. The molecule has 1 aromatic heterocycles. The molecular weight excluding hydrogens is 380 g/mol. The largest absolute Gasteiger partial charge is 0.493 e. The zero-order valence-electron chi connectivity index (χ0n) is 17.2. The maximum absolute atomic E-state index is 12.5. The number of ether oxygens (including phenoxy) is 1. The lowest BCUT2D eigenvalue weighted by molar-refractivity contribution is -0.119. The molecule has 0 saturated carbocycles. The van der Waals surface area contributed by atoms with Crippen molar-refractivity contribution in [1.82, 2.24) is 9.80 Å². The van der Waals surface area contributed by atoms with Crippen LogP contribution in [-0.4, -0.2) is 55.5 Å². The van der Waals surface area contributed by atoms with Gasteiger partial charge in [-0.1, -0.05) is 29.8 Å². The minimum absolute atomic E-state index is 0.0622. The molecule has 1 amide bonds. The first-order valence-electron chi connectivity index (χ1n) is 10.3. The molecule has 1 fully saturated rings. The van der Waals surface area contributed by atoms with Gasteiger partial charge in [-0.05, 0) is 25.5 Å². The molecule has 1 aliphatic rings. The van der Waals surface area contributed by atoms with E-state index < -0.39 is 0 Å². The first kappa shape index (κ1) is 20.2. The predicted octanol–water partition coefficient (Wildman–Crippen LogP) is 3.31. The molecule has 2 heterocycles. The molecule has 156 valence electrons. The SMILES string of the molecule is Cc1ccc(-c2cc(=O)c3ccc(OCCCN4CCN(C=O)CC4)cc3o2)cc1. The number of carbonyl (C=O) groups excluding carboxylic acids is 1.